The molecule has 2 heterocycles. The number of oxazole rings is 1. The van der Waals surface area contributed by atoms with Crippen LogP contribution in [0.1, 0.15) is 11.3 Å². The molecule has 0 fully saturated rings. The number of carbonyl (C=O) groups is 1. The van der Waals surface area contributed by atoms with E-state index in [9.17, 15) is 4.79 Å². The summed E-state index contributed by atoms with van der Waals surface area (Å²) < 4.78 is 11.0. The molecular formula is C21H16N2O3. The number of para-hydroxylation sites is 2. The average molecular weight is 344 g/mol. The molecule has 0 saturated heterocycles. The SMILES string of the molecule is Cc1c(NC(=O)/C=C/c2ccco2)cccc1-c1nc2ccccc2o1. The van der Waals surface area contributed by atoms with Gasteiger partial charge in [0.1, 0.15) is 11.3 Å². The van der Waals surface area contributed by atoms with E-state index in [1.54, 1.807) is 24.5 Å². The van der Waals surface area contributed by atoms with Crippen LogP contribution in [0.4, 0.5) is 5.69 Å². The number of amides is 1. The highest BCUT2D eigenvalue weighted by Crippen LogP contribution is 2.30. The third-order valence-corrected chi connectivity index (χ3v) is 4.06. The Kier molecular flexibility index (Phi) is 4.11. The highest BCUT2D eigenvalue weighted by Gasteiger charge is 2.13. The lowest BCUT2D eigenvalue weighted by molar-refractivity contribution is -0.111. The van der Waals surface area contributed by atoms with E-state index in [-0.39, 0.29) is 5.91 Å². The van der Waals surface area contributed by atoms with Gasteiger partial charge in [-0.15, -0.1) is 0 Å². The topological polar surface area (TPSA) is 68.3 Å². The molecule has 0 aliphatic heterocycles. The Morgan fingerprint density at radius 2 is 1.96 bits per heavy atom. The minimum absolute atomic E-state index is 0.237. The van der Waals surface area contributed by atoms with E-state index in [1.165, 1.54) is 6.08 Å². The van der Waals surface area contributed by atoms with E-state index in [4.69, 9.17) is 8.83 Å². The van der Waals surface area contributed by atoms with Crippen LogP contribution in [-0.4, -0.2) is 10.9 Å². The molecule has 0 saturated carbocycles. The van der Waals surface area contributed by atoms with Crippen molar-refractivity contribution in [3.63, 3.8) is 0 Å². The first kappa shape index (κ1) is 15.9. The van der Waals surface area contributed by atoms with Crippen molar-refractivity contribution in [1.29, 1.82) is 0 Å². The summed E-state index contributed by atoms with van der Waals surface area (Å²) in [6.07, 6.45) is 4.62. The van der Waals surface area contributed by atoms with Crippen LogP contribution in [-0.2, 0) is 4.79 Å². The van der Waals surface area contributed by atoms with Gasteiger partial charge in [-0.05, 0) is 55.0 Å². The minimum atomic E-state index is -0.237. The van der Waals surface area contributed by atoms with Crippen LogP contribution < -0.4 is 5.32 Å². The van der Waals surface area contributed by atoms with Crippen molar-refractivity contribution in [2.75, 3.05) is 5.32 Å². The maximum absolute atomic E-state index is 12.2. The molecule has 0 bridgehead atoms. The largest absolute Gasteiger partial charge is 0.465 e. The number of fused-ring (bicyclic) bond motifs is 1. The molecule has 0 unspecified atom stereocenters. The summed E-state index contributed by atoms with van der Waals surface area (Å²) in [6, 6.07) is 16.8. The van der Waals surface area contributed by atoms with Gasteiger partial charge in [-0.25, -0.2) is 4.98 Å². The summed E-state index contributed by atoms with van der Waals surface area (Å²) >= 11 is 0. The quantitative estimate of drug-likeness (QED) is 0.526. The molecule has 0 aliphatic carbocycles. The lowest BCUT2D eigenvalue weighted by Crippen LogP contribution is -2.09. The summed E-state index contributed by atoms with van der Waals surface area (Å²) in [4.78, 5) is 16.7. The van der Waals surface area contributed by atoms with Gasteiger partial charge in [-0.3, -0.25) is 4.79 Å². The lowest BCUT2D eigenvalue weighted by atomic mass is 10.1. The Balaban J connectivity index is 1.60. The van der Waals surface area contributed by atoms with Gasteiger partial charge in [0.25, 0.3) is 0 Å². The molecule has 4 rings (SSSR count). The van der Waals surface area contributed by atoms with Crippen LogP contribution in [0, 0.1) is 6.92 Å². The smallest absolute Gasteiger partial charge is 0.248 e. The van der Waals surface area contributed by atoms with E-state index < -0.39 is 0 Å². The normalized spacial score (nSPS) is 11.3. The molecule has 5 heteroatoms. The Morgan fingerprint density at radius 1 is 1.08 bits per heavy atom. The molecular weight excluding hydrogens is 328 g/mol. The Morgan fingerprint density at radius 3 is 2.77 bits per heavy atom. The van der Waals surface area contributed by atoms with Crippen LogP contribution in [0.2, 0.25) is 0 Å². The van der Waals surface area contributed by atoms with E-state index in [2.05, 4.69) is 10.3 Å². The molecule has 0 spiro atoms. The number of nitrogens with zero attached hydrogens (tertiary/aromatic N) is 1. The molecule has 5 nitrogen and oxygen atoms in total. The Bertz CT molecular complexity index is 1060. The van der Waals surface area contributed by atoms with Gasteiger partial charge in [0.05, 0.1) is 6.26 Å². The Labute approximate surface area is 150 Å². The molecule has 1 N–H and O–H groups in total. The molecule has 26 heavy (non-hydrogen) atoms. The fraction of sp³-hybridized carbons (Fsp3) is 0.0476. The standard InChI is InChI=1S/C21H16N2O3/c1-14-16(21-23-18-8-2-3-10-19(18)26-21)7-4-9-17(14)22-20(24)12-11-15-6-5-13-25-15/h2-13H,1H3,(H,22,24)/b12-11+. The number of nitrogens with one attached hydrogen (secondary N) is 1. The number of carbonyl (C=O) groups excluding carboxylic acids is 1. The van der Waals surface area contributed by atoms with Gasteiger partial charge in [-0.1, -0.05) is 18.2 Å². The summed E-state index contributed by atoms with van der Waals surface area (Å²) in [6.45, 7) is 1.93. The zero-order chi connectivity index (χ0) is 17.9. The van der Waals surface area contributed by atoms with Crippen molar-refractivity contribution >= 4 is 28.8 Å². The molecule has 2 aromatic heterocycles. The van der Waals surface area contributed by atoms with Crippen molar-refractivity contribution in [2.24, 2.45) is 0 Å². The second-order valence-electron chi connectivity index (χ2n) is 5.80. The minimum Gasteiger partial charge on any atom is -0.465 e. The summed E-state index contributed by atoms with van der Waals surface area (Å²) in [7, 11) is 0. The van der Waals surface area contributed by atoms with Gasteiger partial charge < -0.3 is 14.2 Å². The van der Waals surface area contributed by atoms with Gasteiger partial charge >= 0.3 is 0 Å². The van der Waals surface area contributed by atoms with E-state index >= 15 is 0 Å². The number of hydrogen-bond acceptors (Lipinski definition) is 4. The van der Waals surface area contributed by atoms with Crippen molar-refractivity contribution < 1.29 is 13.6 Å². The monoisotopic (exact) mass is 344 g/mol. The van der Waals surface area contributed by atoms with Crippen molar-refractivity contribution in [1.82, 2.24) is 4.98 Å². The zero-order valence-electron chi connectivity index (χ0n) is 14.1. The molecule has 0 atom stereocenters. The number of benzene rings is 2. The van der Waals surface area contributed by atoms with E-state index in [0.717, 1.165) is 22.2 Å². The highest BCUT2D eigenvalue weighted by molar-refractivity contribution is 6.02. The number of aromatic nitrogens is 1. The van der Waals surface area contributed by atoms with Crippen molar-refractivity contribution in [3.8, 4) is 11.5 Å². The fourth-order valence-electron chi connectivity index (χ4n) is 2.71. The first-order valence-corrected chi connectivity index (χ1v) is 8.19. The second-order valence-corrected chi connectivity index (χ2v) is 5.80. The summed E-state index contributed by atoms with van der Waals surface area (Å²) in [5.41, 5.74) is 3.97. The third-order valence-electron chi connectivity index (χ3n) is 4.06. The maximum Gasteiger partial charge on any atom is 0.248 e. The first-order chi connectivity index (χ1) is 12.7. The predicted octanol–water partition coefficient (Wildman–Crippen LogP) is 5.05. The van der Waals surface area contributed by atoms with E-state index in [0.29, 0.717) is 17.3 Å². The third kappa shape index (κ3) is 3.15. The molecule has 1 amide bonds. The van der Waals surface area contributed by atoms with Crippen LogP contribution in [0.15, 0.2) is 75.8 Å². The van der Waals surface area contributed by atoms with Gasteiger partial charge in [0.15, 0.2) is 5.58 Å². The van der Waals surface area contributed by atoms with Gasteiger partial charge in [0.2, 0.25) is 11.8 Å². The second kappa shape index (κ2) is 6.72. The van der Waals surface area contributed by atoms with E-state index in [1.807, 2.05) is 49.4 Å². The van der Waals surface area contributed by atoms with Crippen LogP contribution in [0.3, 0.4) is 0 Å². The number of rotatable bonds is 4. The van der Waals surface area contributed by atoms with Gasteiger partial charge in [0, 0.05) is 17.3 Å². The molecule has 0 aliphatic rings. The van der Waals surface area contributed by atoms with Crippen molar-refractivity contribution in [3.05, 3.63) is 78.3 Å². The van der Waals surface area contributed by atoms with Crippen LogP contribution in [0.25, 0.3) is 28.6 Å². The Hall–Kier alpha value is -3.60. The van der Waals surface area contributed by atoms with Crippen molar-refractivity contribution in [2.45, 2.75) is 6.92 Å². The molecule has 0 radical (unpaired) electrons. The maximum atomic E-state index is 12.2. The van der Waals surface area contributed by atoms with Crippen LogP contribution >= 0.6 is 0 Å². The van der Waals surface area contributed by atoms with Gasteiger partial charge in [-0.2, -0.15) is 0 Å². The fourth-order valence-corrected chi connectivity index (χ4v) is 2.71. The number of anilines is 1. The molecule has 128 valence electrons. The average Bonchev–Trinajstić information content (AvgIpc) is 3.31. The van der Waals surface area contributed by atoms with Crippen LogP contribution in [0.5, 0.6) is 0 Å². The first-order valence-electron chi connectivity index (χ1n) is 8.19. The highest BCUT2D eigenvalue weighted by atomic mass is 16.3. The summed E-state index contributed by atoms with van der Waals surface area (Å²) in [5.74, 6) is 0.919. The predicted molar refractivity (Wildman–Crippen MR) is 101 cm³/mol. The molecule has 2 aromatic carbocycles. The molecule has 4 aromatic rings. The summed E-state index contributed by atoms with van der Waals surface area (Å²) in [5, 5.41) is 2.88. The number of furan rings is 1. The zero-order valence-corrected chi connectivity index (χ0v) is 14.1. The number of hydrogen-bond donors (Lipinski definition) is 1. The lowest BCUT2D eigenvalue weighted by Gasteiger charge is -2.09.